The Morgan fingerprint density at radius 3 is 2.63 bits per heavy atom. The van der Waals surface area contributed by atoms with Crippen molar-refractivity contribution in [2.24, 2.45) is 0 Å². The third-order valence-corrected chi connectivity index (χ3v) is 5.77. The van der Waals surface area contributed by atoms with E-state index in [2.05, 4.69) is 20.6 Å². The summed E-state index contributed by atoms with van der Waals surface area (Å²) in [6, 6.07) is 16.4. The van der Waals surface area contributed by atoms with E-state index >= 15 is 0 Å². The number of anilines is 1. The number of nitrogens with one attached hydrogen (secondary N) is 2. The lowest BCUT2D eigenvalue weighted by Gasteiger charge is -2.14. The molecular formula is C25H26N6O4. The van der Waals surface area contributed by atoms with Crippen LogP contribution in [0.15, 0.2) is 60.8 Å². The molecule has 2 heterocycles. The zero-order chi connectivity index (χ0) is 24.8. The zero-order valence-corrected chi connectivity index (χ0v) is 19.0. The van der Waals surface area contributed by atoms with E-state index in [0.717, 1.165) is 12.0 Å². The van der Waals surface area contributed by atoms with Crippen molar-refractivity contribution >= 4 is 23.7 Å². The summed E-state index contributed by atoms with van der Waals surface area (Å²) in [5.41, 5.74) is 8.45. The topological polar surface area (TPSA) is 151 Å². The maximum absolute atomic E-state index is 12.8. The average molecular weight is 475 g/mol. The lowest BCUT2D eigenvalue weighted by atomic mass is 10.1. The van der Waals surface area contributed by atoms with E-state index in [4.69, 9.17) is 10.8 Å². The first-order valence-electron chi connectivity index (χ1n) is 11.2. The molecule has 2 aromatic carbocycles. The molecule has 0 unspecified atom stereocenters. The second kappa shape index (κ2) is 10.6. The molecule has 1 atom stereocenters. The molecule has 0 spiro atoms. The Labute approximate surface area is 202 Å². The minimum absolute atomic E-state index is 0.0332. The van der Waals surface area contributed by atoms with Crippen molar-refractivity contribution in [3.05, 3.63) is 77.6 Å². The normalized spacial score (nSPS) is 15.0. The number of nitrogens with two attached hydrogens (primary N) is 1. The fourth-order valence-corrected chi connectivity index (χ4v) is 3.90. The number of hydrogen-bond donors (Lipinski definition) is 4. The molecule has 3 amide bonds. The summed E-state index contributed by atoms with van der Waals surface area (Å²) in [5.74, 6) is -0.772. The minimum Gasteiger partial charge on any atom is -0.465 e. The third kappa shape index (κ3) is 5.91. The molecule has 10 heteroatoms. The smallest absolute Gasteiger partial charge is 0.407 e. The summed E-state index contributed by atoms with van der Waals surface area (Å²) in [5, 5.41) is 14.8. The summed E-state index contributed by atoms with van der Waals surface area (Å²) in [6.45, 7) is 1.05. The van der Waals surface area contributed by atoms with Gasteiger partial charge in [-0.2, -0.15) is 0 Å². The fraction of sp³-hybridized carbons (Fsp3) is 0.240. The largest absolute Gasteiger partial charge is 0.465 e. The number of carbonyl (C=O) groups excluding carboxylic acids is 2. The lowest BCUT2D eigenvalue weighted by molar-refractivity contribution is 0.0929. The standard InChI is InChI=1S/C25H26N6O4/c26-22-21(24(33)29-19-10-12-31(15-19)25(34)35)30-20(14-28-22)17-7-4-8-18(13-17)23(32)27-11-9-16-5-2-1-3-6-16/h1-8,13-14,19H,9-12,15H2,(H2,26,28)(H,27,32)(H,29,33)(H,34,35)/t19-/m0/s1. The van der Waals surface area contributed by atoms with Crippen LogP contribution in [-0.4, -0.2) is 63.6 Å². The first-order chi connectivity index (χ1) is 16.9. The van der Waals surface area contributed by atoms with Gasteiger partial charge in [-0.3, -0.25) is 9.59 Å². The van der Waals surface area contributed by atoms with Crippen LogP contribution in [0.5, 0.6) is 0 Å². The predicted molar refractivity (Wildman–Crippen MR) is 130 cm³/mol. The third-order valence-electron chi connectivity index (χ3n) is 5.77. The molecule has 4 rings (SSSR count). The van der Waals surface area contributed by atoms with E-state index < -0.39 is 12.0 Å². The molecule has 5 N–H and O–H groups in total. The molecule has 180 valence electrons. The summed E-state index contributed by atoms with van der Waals surface area (Å²) >= 11 is 0. The van der Waals surface area contributed by atoms with Gasteiger partial charge in [-0.15, -0.1) is 0 Å². The number of benzene rings is 2. The van der Waals surface area contributed by atoms with Crippen LogP contribution >= 0.6 is 0 Å². The number of nitrogens with zero attached hydrogens (tertiary/aromatic N) is 3. The maximum atomic E-state index is 12.8. The van der Waals surface area contributed by atoms with E-state index in [0.29, 0.717) is 36.3 Å². The molecule has 35 heavy (non-hydrogen) atoms. The quantitative estimate of drug-likeness (QED) is 0.410. The highest BCUT2D eigenvalue weighted by molar-refractivity contribution is 5.97. The molecule has 0 saturated carbocycles. The van der Waals surface area contributed by atoms with Gasteiger partial charge in [0.05, 0.1) is 11.9 Å². The van der Waals surface area contributed by atoms with Crippen LogP contribution in [-0.2, 0) is 6.42 Å². The molecule has 1 aromatic heterocycles. The highest BCUT2D eigenvalue weighted by Crippen LogP contribution is 2.20. The highest BCUT2D eigenvalue weighted by atomic mass is 16.4. The van der Waals surface area contributed by atoms with Crippen molar-refractivity contribution in [3.8, 4) is 11.3 Å². The Morgan fingerprint density at radius 2 is 1.89 bits per heavy atom. The second-order valence-corrected chi connectivity index (χ2v) is 8.25. The van der Waals surface area contributed by atoms with Crippen LogP contribution < -0.4 is 16.4 Å². The van der Waals surface area contributed by atoms with E-state index in [1.54, 1.807) is 24.3 Å². The monoisotopic (exact) mass is 474 g/mol. The molecule has 0 bridgehead atoms. The van der Waals surface area contributed by atoms with Crippen LogP contribution in [0.4, 0.5) is 10.6 Å². The zero-order valence-electron chi connectivity index (χ0n) is 19.0. The van der Waals surface area contributed by atoms with Crippen molar-refractivity contribution < 1.29 is 19.5 Å². The first kappa shape index (κ1) is 23.7. The molecule has 0 aliphatic carbocycles. The number of hydrogen-bond acceptors (Lipinski definition) is 6. The molecule has 1 aliphatic rings. The van der Waals surface area contributed by atoms with Gasteiger partial charge in [0.2, 0.25) is 0 Å². The average Bonchev–Trinajstić information content (AvgIpc) is 3.34. The number of aromatic nitrogens is 2. The molecule has 10 nitrogen and oxygen atoms in total. The Bertz CT molecular complexity index is 1230. The van der Waals surface area contributed by atoms with Crippen molar-refractivity contribution in [1.29, 1.82) is 0 Å². The molecule has 0 radical (unpaired) electrons. The lowest BCUT2D eigenvalue weighted by Crippen LogP contribution is -2.38. The summed E-state index contributed by atoms with van der Waals surface area (Å²) in [7, 11) is 0. The fourth-order valence-electron chi connectivity index (χ4n) is 3.90. The van der Waals surface area contributed by atoms with Crippen LogP contribution in [0.25, 0.3) is 11.3 Å². The van der Waals surface area contributed by atoms with E-state index in [1.807, 2.05) is 30.3 Å². The van der Waals surface area contributed by atoms with Crippen LogP contribution in [0.1, 0.15) is 32.8 Å². The van der Waals surface area contributed by atoms with Gasteiger partial charge in [0, 0.05) is 36.8 Å². The number of nitrogen functional groups attached to an aromatic ring is 1. The Hall–Kier alpha value is -4.47. The van der Waals surface area contributed by atoms with E-state index in [1.165, 1.54) is 11.1 Å². The molecular weight excluding hydrogens is 448 g/mol. The Morgan fingerprint density at radius 1 is 1.09 bits per heavy atom. The van der Waals surface area contributed by atoms with Gasteiger partial charge in [-0.1, -0.05) is 42.5 Å². The van der Waals surface area contributed by atoms with Crippen molar-refractivity contribution in [3.63, 3.8) is 0 Å². The molecule has 3 aromatic rings. The first-order valence-corrected chi connectivity index (χ1v) is 11.2. The number of amides is 3. The van der Waals surface area contributed by atoms with Gasteiger partial charge in [0.15, 0.2) is 11.5 Å². The van der Waals surface area contributed by atoms with E-state index in [-0.39, 0.29) is 30.0 Å². The maximum Gasteiger partial charge on any atom is 0.407 e. The van der Waals surface area contributed by atoms with Gasteiger partial charge >= 0.3 is 6.09 Å². The van der Waals surface area contributed by atoms with Gasteiger partial charge in [0.1, 0.15) is 0 Å². The molecule has 1 fully saturated rings. The number of rotatable bonds is 7. The Kier molecular flexibility index (Phi) is 7.20. The van der Waals surface area contributed by atoms with Gasteiger partial charge in [-0.25, -0.2) is 14.8 Å². The molecule has 1 saturated heterocycles. The van der Waals surface area contributed by atoms with Crippen molar-refractivity contribution in [2.45, 2.75) is 18.9 Å². The van der Waals surface area contributed by atoms with Gasteiger partial charge < -0.3 is 26.4 Å². The summed E-state index contributed by atoms with van der Waals surface area (Å²) < 4.78 is 0. The van der Waals surface area contributed by atoms with Crippen molar-refractivity contribution in [1.82, 2.24) is 25.5 Å². The Balaban J connectivity index is 1.43. The SMILES string of the molecule is Nc1ncc(-c2cccc(C(=O)NCCc3ccccc3)c2)nc1C(=O)N[C@H]1CCN(C(=O)O)C1. The summed E-state index contributed by atoms with van der Waals surface area (Å²) in [4.78, 5) is 46.2. The van der Waals surface area contributed by atoms with Gasteiger partial charge in [-0.05, 0) is 30.5 Å². The predicted octanol–water partition coefficient (Wildman–Crippen LogP) is 2.18. The molecule has 1 aliphatic heterocycles. The number of carboxylic acid groups (broad SMARTS) is 1. The van der Waals surface area contributed by atoms with Gasteiger partial charge in [0.25, 0.3) is 11.8 Å². The summed E-state index contributed by atoms with van der Waals surface area (Å²) in [6.07, 6.45) is 1.65. The van der Waals surface area contributed by atoms with Crippen LogP contribution in [0.3, 0.4) is 0 Å². The van der Waals surface area contributed by atoms with Crippen LogP contribution in [0, 0.1) is 0 Å². The number of carbonyl (C=O) groups is 3. The van der Waals surface area contributed by atoms with E-state index in [9.17, 15) is 14.4 Å². The van der Waals surface area contributed by atoms with Crippen molar-refractivity contribution in [2.75, 3.05) is 25.4 Å². The highest BCUT2D eigenvalue weighted by Gasteiger charge is 2.28. The number of likely N-dealkylation sites (tertiary alicyclic amines) is 1. The van der Waals surface area contributed by atoms with Crippen LogP contribution in [0.2, 0.25) is 0 Å². The minimum atomic E-state index is -1.02. The second-order valence-electron chi connectivity index (χ2n) is 8.25.